The number of carbonyl (C=O) groups excluding carboxylic acids is 2. The van der Waals surface area contributed by atoms with E-state index in [1.54, 1.807) is 30.3 Å². The van der Waals surface area contributed by atoms with E-state index in [0.29, 0.717) is 22.5 Å². The molecule has 4 rings (SSSR count). The third-order valence-corrected chi connectivity index (χ3v) is 5.58. The van der Waals surface area contributed by atoms with Gasteiger partial charge in [0, 0.05) is 31.3 Å². The quantitative estimate of drug-likeness (QED) is 0.331. The summed E-state index contributed by atoms with van der Waals surface area (Å²) in [5.74, 6) is -0.682. The molecule has 0 saturated carbocycles. The van der Waals surface area contributed by atoms with Crippen LogP contribution >= 0.6 is 0 Å². The van der Waals surface area contributed by atoms with Crippen LogP contribution in [-0.2, 0) is 9.53 Å². The van der Waals surface area contributed by atoms with Crippen LogP contribution in [0.2, 0.25) is 0 Å². The van der Waals surface area contributed by atoms with Gasteiger partial charge < -0.3 is 19.4 Å². The zero-order chi connectivity index (χ0) is 23.2. The highest BCUT2D eigenvalue weighted by Gasteiger charge is 2.24. The summed E-state index contributed by atoms with van der Waals surface area (Å²) in [5, 5.41) is 3.49. The van der Waals surface area contributed by atoms with Gasteiger partial charge >= 0.3 is 5.63 Å². The van der Waals surface area contributed by atoms with Crippen LogP contribution in [0.4, 0.5) is 11.4 Å². The monoisotopic (exact) mass is 446 g/mol. The highest BCUT2D eigenvalue weighted by molar-refractivity contribution is 6.14. The molecule has 1 amide bonds. The number of benzene rings is 2. The number of ether oxygens (including phenoxy) is 1. The molecule has 0 unspecified atom stereocenters. The first-order valence-electron chi connectivity index (χ1n) is 11.0. The summed E-state index contributed by atoms with van der Waals surface area (Å²) in [7, 11) is 1.45. The molecule has 0 aliphatic carbocycles. The van der Waals surface area contributed by atoms with Crippen LogP contribution in [0.25, 0.3) is 17.0 Å². The molecule has 2 aromatic carbocycles. The Morgan fingerprint density at radius 3 is 2.67 bits per heavy atom. The molecule has 33 heavy (non-hydrogen) atoms. The first-order valence-corrected chi connectivity index (χ1v) is 11.0. The summed E-state index contributed by atoms with van der Waals surface area (Å²) in [4.78, 5) is 40.0. The standard InChI is InChI=1S/C26H26N2O5/c1-32-17-23(30)27-19-9-7-8-18(16-19)12-13-21(29)24-25(28-14-5-2-6-15-28)20-10-3-4-11-22(20)33-26(24)31/h3-4,7-13,16H,2,5-6,14-15,17H2,1H3,(H,27,30)/b13-12+. The van der Waals surface area contributed by atoms with Crippen molar-refractivity contribution in [3.05, 3.63) is 76.2 Å². The molecule has 1 aliphatic heterocycles. The Bertz CT molecular complexity index is 1260. The Kier molecular flexibility index (Phi) is 7.00. The predicted molar refractivity (Wildman–Crippen MR) is 129 cm³/mol. The number of nitrogens with one attached hydrogen (secondary N) is 1. The number of methoxy groups -OCH3 is 1. The summed E-state index contributed by atoms with van der Waals surface area (Å²) < 4.78 is 10.3. The van der Waals surface area contributed by atoms with E-state index in [1.165, 1.54) is 13.2 Å². The predicted octanol–water partition coefficient (Wildman–Crippen LogP) is 4.26. The lowest BCUT2D eigenvalue weighted by molar-refractivity contribution is -0.119. The minimum absolute atomic E-state index is 0.0461. The van der Waals surface area contributed by atoms with Gasteiger partial charge in [0.1, 0.15) is 17.8 Å². The number of anilines is 2. The molecular weight excluding hydrogens is 420 g/mol. The number of para-hydroxylation sites is 1. The lowest BCUT2D eigenvalue weighted by Gasteiger charge is -2.30. The number of nitrogens with zero attached hydrogens (tertiary/aromatic N) is 1. The Morgan fingerprint density at radius 1 is 1.09 bits per heavy atom. The number of carbonyl (C=O) groups is 2. The zero-order valence-electron chi connectivity index (χ0n) is 18.5. The Labute approximate surface area is 191 Å². The average Bonchev–Trinajstić information content (AvgIpc) is 2.82. The van der Waals surface area contributed by atoms with Crippen molar-refractivity contribution >= 4 is 40.1 Å². The molecule has 0 spiro atoms. The fourth-order valence-corrected chi connectivity index (χ4v) is 4.10. The summed E-state index contributed by atoms with van der Waals surface area (Å²) in [6.07, 6.45) is 6.17. The number of allylic oxidation sites excluding steroid dienone is 1. The van der Waals surface area contributed by atoms with Crippen molar-refractivity contribution in [1.82, 2.24) is 0 Å². The van der Waals surface area contributed by atoms with Crippen LogP contribution in [-0.4, -0.2) is 38.5 Å². The van der Waals surface area contributed by atoms with Gasteiger partial charge in [-0.25, -0.2) is 4.79 Å². The molecule has 1 N–H and O–H groups in total. The molecule has 3 aromatic rings. The summed E-state index contributed by atoms with van der Waals surface area (Å²) >= 11 is 0. The minimum Gasteiger partial charge on any atom is -0.422 e. The van der Waals surface area contributed by atoms with Gasteiger partial charge in [-0.2, -0.15) is 0 Å². The summed E-state index contributed by atoms with van der Waals surface area (Å²) in [5.41, 5.74) is 1.84. The van der Waals surface area contributed by atoms with Gasteiger partial charge in [0.25, 0.3) is 0 Å². The molecule has 1 aromatic heterocycles. The van der Waals surface area contributed by atoms with Crippen molar-refractivity contribution in [1.29, 1.82) is 0 Å². The Morgan fingerprint density at radius 2 is 1.88 bits per heavy atom. The molecule has 1 aliphatic rings. The van der Waals surface area contributed by atoms with Crippen molar-refractivity contribution < 1.29 is 18.7 Å². The molecule has 170 valence electrons. The SMILES string of the molecule is COCC(=O)Nc1cccc(/C=C/C(=O)c2c(N3CCCCC3)c3ccccc3oc2=O)c1. The van der Waals surface area contributed by atoms with Gasteiger partial charge in [0.2, 0.25) is 5.91 Å². The molecule has 7 heteroatoms. The van der Waals surface area contributed by atoms with Crippen LogP contribution in [0.15, 0.2) is 63.8 Å². The molecule has 0 bridgehead atoms. The first-order chi connectivity index (χ1) is 16.1. The second-order valence-electron chi connectivity index (χ2n) is 7.96. The Hall–Kier alpha value is -3.71. The van der Waals surface area contributed by atoms with Crippen molar-refractivity contribution in [2.24, 2.45) is 0 Å². The van der Waals surface area contributed by atoms with Crippen LogP contribution in [0.3, 0.4) is 0 Å². The van der Waals surface area contributed by atoms with Gasteiger partial charge in [-0.15, -0.1) is 0 Å². The average molecular weight is 447 g/mol. The molecule has 1 fully saturated rings. The van der Waals surface area contributed by atoms with E-state index in [9.17, 15) is 14.4 Å². The number of piperidine rings is 1. The number of hydrogen-bond donors (Lipinski definition) is 1. The summed E-state index contributed by atoms with van der Waals surface area (Å²) in [6.45, 7) is 1.54. The van der Waals surface area contributed by atoms with Crippen molar-refractivity contribution in [2.75, 3.05) is 37.0 Å². The molecule has 0 atom stereocenters. The van der Waals surface area contributed by atoms with E-state index < -0.39 is 11.4 Å². The number of amides is 1. The van der Waals surface area contributed by atoms with Crippen molar-refractivity contribution in [3.8, 4) is 0 Å². The maximum Gasteiger partial charge on any atom is 0.349 e. The van der Waals surface area contributed by atoms with E-state index in [1.807, 2.05) is 24.3 Å². The van der Waals surface area contributed by atoms with E-state index in [2.05, 4.69) is 10.2 Å². The van der Waals surface area contributed by atoms with E-state index >= 15 is 0 Å². The summed E-state index contributed by atoms with van der Waals surface area (Å²) in [6, 6.07) is 14.4. The second kappa shape index (κ2) is 10.3. The number of fused-ring (bicyclic) bond motifs is 1. The first kappa shape index (κ1) is 22.5. The van der Waals surface area contributed by atoms with Gasteiger partial charge in [0.15, 0.2) is 5.78 Å². The zero-order valence-corrected chi connectivity index (χ0v) is 18.5. The third kappa shape index (κ3) is 5.21. The second-order valence-corrected chi connectivity index (χ2v) is 7.96. The smallest absolute Gasteiger partial charge is 0.349 e. The fourth-order valence-electron chi connectivity index (χ4n) is 4.10. The third-order valence-electron chi connectivity index (χ3n) is 5.58. The van der Waals surface area contributed by atoms with Gasteiger partial charge in [-0.3, -0.25) is 9.59 Å². The number of rotatable bonds is 7. The van der Waals surface area contributed by atoms with Crippen LogP contribution in [0.5, 0.6) is 0 Å². The molecule has 7 nitrogen and oxygen atoms in total. The molecular formula is C26H26N2O5. The maximum absolute atomic E-state index is 13.2. The lowest BCUT2D eigenvalue weighted by Crippen LogP contribution is -2.32. The number of hydrogen-bond acceptors (Lipinski definition) is 6. The van der Waals surface area contributed by atoms with Gasteiger partial charge in [-0.05, 0) is 55.2 Å². The van der Waals surface area contributed by atoms with Crippen LogP contribution in [0, 0.1) is 0 Å². The van der Waals surface area contributed by atoms with E-state index in [0.717, 1.165) is 37.7 Å². The normalized spacial score (nSPS) is 14.0. The van der Waals surface area contributed by atoms with Crippen molar-refractivity contribution in [3.63, 3.8) is 0 Å². The largest absolute Gasteiger partial charge is 0.422 e. The van der Waals surface area contributed by atoms with Gasteiger partial charge in [0.05, 0.1) is 5.69 Å². The molecule has 1 saturated heterocycles. The maximum atomic E-state index is 13.2. The van der Waals surface area contributed by atoms with E-state index in [-0.39, 0.29) is 18.1 Å². The van der Waals surface area contributed by atoms with Crippen LogP contribution in [0.1, 0.15) is 35.2 Å². The highest BCUT2D eigenvalue weighted by Crippen LogP contribution is 2.31. The highest BCUT2D eigenvalue weighted by atomic mass is 16.5. The van der Waals surface area contributed by atoms with Gasteiger partial charge in [-0.1, -0.05) is 30.3 Å². The minimum atomic E-state index is -0.635. The number of ketones is 1. The Balaban J connectivity index is 1.67. The van der Waals surface area contributed by atoms with Crippen LogP contribution < -0.4 is 15.8 Å². The molecule has 0 radical (unpaired) electrons. The topological polar surface area (TPSA) is 88.8 Å². The lowest BCUT2D eigenvalue weighted by atomic mass is 10.0. The van der Waals surface area contributed by atoms with Crippen molar-refractivity contribution in [2.45, 2.75) is 19.3 Å². The van der Waals surface area contributed by atoms with E-state index in [4.69, 9.17) is 9.15 Å². The molecule has 2 heterocycles. The fraction of sp³-hybridized carbons (Fsp3) is 0.269.